The first-order valence-electron chi connectivity index (χ1n) is 2.13. The highest BCUT2D eigenvalue weighted by Gasteiger charge is 2.13. The van der Waals surface area contributed by atoms with Gasteiger partial charge in [0.05, 0.1) is 0 Å². The molecular weight excluding hydrogens is 108 g/mol. The lowest BCUT2D eigenvalue weighted by Crippen LogP contribution is -2.32. The normalized spacial score (nSPS) is 10.1. The van der Waals surface area contributed by atoms with E-state index < -0.39 is 10.9 Å². The molecule has 0 spiro atoms. The second kappa shape index (κ2) is 1.18. The van der Waals surface area contributed by atoms with Crippen molar-refractivity contribution in [3.8, 4) is 5.75 Å². The fourth-order valence-corrected chi connectivity index (χ4v) is 0.493. The second-order valence-electron chi connectivity index (χ2n) is 1.63. The van der Waals surface area contributed by atoms with Crippen molar-refractivity contribution in [1.29, 1.82) is 0 Å². The van der Waals surface area contributed by atoms with E-state index in [1.807, 2.05) is 0 Å². The summed E-state index contributed by atoms with van der Waals surface area (Å²) < 4.78 is 0. The van der Waals surface area contributed by atoms with Gasteiger partial charge in [-0.1, -0.05) is 0 Å². The van der Waals surface area contributed by atoms with Crippen LogP contribution in [0, 0.1) is 6.92 Å². The summed E-state index contributed by atoms with van der Waals surface area (Å²) in [6, 6.07) is 0. The first-order valence-corrected chi connectivity index (χ1v) is 2.13. The number of hydrogen-bond donors (Lipinski definition) is 1. The van der Waals surface area contributed by atoms with Gasteiger partial charge in [0.25, 0.3) is 5.43 Å². The highest BCUT2D eigenvalue weighted by atomic mass is 16.3. The van der Waals surface area contributed by atoms with Crippen molar-refractivity contribution < 1.29 is 5.11 Å². The Labute approximate surface area is 44.9 Å². The molecule has 42 valence electrons. The van der Waals surface area contributed by atoms with Gasteiger partial charge in [-0.15, -0.1) is 0 Å². The summed E-state index contributed by atoms with van der Waals surface area (Å²) in [5.74, 6) is -0.380. The quantitative estimate of drug-likeness (QED) is 0.451. The maximum absolute atomic E-state index is 10.2. The Morgan fingerprint density at radius 1 is 1.25 bits per heavy atom. The molecule has 0 amide bonds. The summed E-state index contributed by atoms with van der Waals surface area (Å²) in [4.78, 5) is 20.3. The number of aromatic hydroxyl groups is 1. The zero-order chi connectivity index (χ0) is 6.31. The molecular formula is C5H4O3. The lowest BCUT2D eigenvalue weighted by Gasteiger charge is -1.94. The Kier molecular flexibility index (Phi) is 0.743. The van der Waals surface area contributed by atoms with Gasteiger partial charge in [-0.3, -0.25) is 9.59 Å². The topological polar surface area (TPSA) is 54.4 Å². The van der Waals surface area contributed by atoms with Gasteiger partial charge in [-0.2, -0.15) is 0 Å². The molecule has 3 nitrogen and oxygen atoms in total. The van der Waals surface area contributed by atoms with Gasteiger partial charge >= 0.3 is 0 Å². The van der Waals surface area contributed by atoms with Crippen molar-refractivity contribution in [3.63, 3.8) is 0 Å². The second-order valence-corrected chi connectivity index (χ2v) is 1.63. The molecule has 8 heavy (non-hydrogen) atoms. The summed E-state index contributed by atoms with van der Waals surface area (Å²) >= 11 is 0. The maximum atomic E-state index is 10.2. The average molecular weight is 112 g/mol. The minimum absolute atomic E-state index is 0.176. The fraction of sp³-hybridized carbons (Fsp3) is 0.200. The van der Waals surface area contributed by atoms with E-state index in [1.165, 1.54) is 6.92 Å². The first-order chi connectivity index (χ1) is 3.64. The zero-order valence-electron chi connectivity index (χ0n) is 4.26. The third-order valence-electron chi connectivity index (χ3n) is 1.12. The Balaban J connectivity index is 3.48. The Morgan fingerprint density at radius 3 is 1.88 bits per heavy atom. The monoisotopic (exact) mass is 112 g/mol. The van der Waals surface area contributed by atoms with E-state index in [2.05, 4.69) is 0 Å². The van der Waals surface area contributed by atoms with Crippen molar-refractivity contribution in [2.45, 2.75) is 6.92 Å². The van der Waals surface area contributed by atoms with E-state index in [9.17, 15) is 9.59 Å². The number of hydrogen-bond acceptors (Lipinski definition) is 3. The molecule has 0 fully saturated rings. The van der Waals surface area contributed by atoms with Crippen molar-refractivity contribution >= 4 is 0 Å². The first kappa shape index (κ1) is 5.03. The summed E-state index contributed by atoms with van der Waals surface area (Å²) in [7, 11) is 0. The van der Waals surface area contributed by atoms with E-state index in [0.717, 1.165) is 0 Å². The van der Waals surface area contributed by atoms with Crippen LogP contribution in [0.5, 0.6) is 5.75 Å². The van der Waals surface area contributed by atoms with Crippen LogP contribution in [0.15, 0.2) is 9.59 Å². The molecule has 0 atom stereocenters. The van der Waals surface area contributed by atoms with Crippen LogP contribution in [-0.4, -0.2) is 5.11 Å². The molecule has 1 aromatic carbocycles. The van der Waals surface area contributed by atoms with Crippen molar-refractivity contribution in [2.75, 3.05) is 0 Å². The van der Waals surface area contributed by atoms with Gasteiger partial charge in [0.2, 0.25) is 5.43 Å². The minimum Gasteiger partial charge on any atom is -0.504 e. The lowest BCUT2D eigenvalue weighted by atomic mass is 10.1. The highest BCUT2D eigenvalue weighted by Crippen LogP contribution is 2.03. The van der Waals surface area contributed by atoms with Crippen LogP contribution in [0.25, 0.3) is 0 Å². The molecule has 1 N–H and O–H groups in total. The SMILES string of the molecule is Cc1c(O)c(=O)c1=O. The van der Waals surface area contributed by atoms with Crippen molar-refractivity contribution in [3.05, 3.63) is 26.0 Å². The van der Waals surface area contributed by atoms with Crippen LogP contribution in [0.2, 0.25) is 0 Å². The van der Waals surface area contributed by atoms with Crippen LogP contribution in [0.4, 0.5) is 0 Å². The highest BCUT2D eigenvalue weighted by molar-refractivity contribution is 5.36. The van der Waals surface area contributed by atoms with Crippen LogP contribution < -0.4 is 10.9 Å². The van der Waals surface area contributed by atoms with Crippen molar-refractivity contribution in [2.24, 2.45) is 0 Å². The summed E-state index contributed by atoms with van der Waals surface area (Å²) in [5, 5.41) is 8.46. The van der Waals surface area contributed by atoms with Crippen molar-refractivity contribution in [1.82, 2.24) is 0 Å². The van der Waals surface area contributed by atoms with Crippen LogP contribution in [0.1, 0.15) is 5.56 Å². The molecule has 0 unspecified atom stereocenters. The Bertz CT molecular complexity index is 248. The Morgan fingerprint density at radius 2 is 1.75 bits per heavy atom. The van der Waals surface area contributed by atoms with E-state index in [0.29, 0.717) is 0 Å². The molecule has 0 aliphatic heterocycles. The summed E-state index contributed by atoms with van der Waals surface area (Å²) in [6.45, 7) is 1.42. The van der Waals surface area contributed by atoms with Gasteiger partial charge < -0.3 is 5.11 Å². The molecule has 0 aromatic heterocycles. The molecule has 1 rings (SSSR count). The minimum atomic E-state index is -0.762. The molecule has 3 heteroatoms. The van der Waals surface area contributed by atoms with E-state index >= 15 is 0 Å². The fourth-order valence-electron chi connectivity index (χ4n) is 0.493. The number of rotatable bonds is 0. The summed E-state index contributed by atoms with van der Waals surface area (Å²) in [6.07, 6.45) is 0. The standard InChI is InChI=1S/C5H4O3/c1-2-3(6)5(8)4(2)7/h6H,1H3. The molecule has 0 aliphatic rings. The molecule has 0 saturated carbocycles. The summed E-state index contributed by atoms with van der Waals surface area (Å²) in [5.41, 5.74) is -1.15. The van der Waals surface area contributed by atoms with Crippen LogP contribution >= 0.6 is 0 Å². The molecule has 1 aromatic rings. The molecule has 0 aliphatic carbocycles. The zero-order valence-corrected chi connectivity index (χ0v) is 4.26. The van der Waals surface area contributed by atoms with E-state index in [-0.39, 0.29) is 11.3 Å². The van der Waals surface area contributed by atoms with Gasteiger partial charge in [-0.05, 0) is 6.92 Å². The molecule has 0 radical (unpaired) electrons. The van der Waals surface area contributed by atoms with E-state index in [4.69, 9.17) is 5.11 Å². The van der Waals surface area contributed by atoms with Gasteiger partial charge in [0.1, 0.15) is 0 Å². The average Bonchev–Trinajstić information content (AvgIpc) is 1.83. The Hall–Kier alpha value is -1.12. The predicted octanol–water partition coefficient (Wildman–Crippen LogP) is -0.703. The van der Waals surface area contributed by atoms with Gasteiger partial charge in [0.15, 0.2) is 5.75 Å². The van der Waals surface area contributed by atoms with Crippen LogP contribution in [0.3, 0.4) is 0 Å². The molecule has 0 bridgehead atoms. The van der Waals surface area contributed by atoms with E-state index in [1.54, 1.807) is 0 Å². The van der Waals surface area contributed by atoms with Gasteiger partial charge in [0, 0.05) is 5.56 Å². The lowest BCUT2D eigenvalue weighted by molar-refractivity contribution is 0.457. The maximum Gasteiger partial charge on any atom is 0.267 e. The third-order valence-corrected chi connectivity index (χ3v) is 1.12. The smallest absolute Gasteiger partial charge is 0.267 e. The largest absolute Gasteiger partial charge is 0.504 e. The molecule has 0 heterocycles. The predicted molar refractivity (Wildman–Crippen MR) is 27.8 cm³/mol. The van der Waals surface area contributed by atoms with Gasteiger partial charge in [-0.25, -0.2) is 0 Å². The molecule has 0 saturated heterocycles. The van der Waals surface area contributed by atoms with Crippen LogP contribution in [-0.2, 0) is 0 Å². The third kappa shape index (κ3) is 0.332.